The van der Waals surface area contributed by atoms with Crippen molar-refractivity contribution in [3.63, 3.8) is 0 Å². The third-order valence-corrected chi connectivity index (χ3v) is 4.91. The molecule has 2 amide bonds. The lowest BCUT2D eigenvalue weighted by Gasteiger charge is -2.16. The van der Waals surface area contributed by atoms with Crippen LogP contribution in [-0.4, -0.2) is 43.2 Å². The fourth-order valence-corrected chi connectivity index (χ4v) is 3.19. The van der Waals surface area contributed by atoms with Crippen molar-refractivity contribution in [2.45, 2.75) is 32.2 Å². The molecule has 1 saturated heterocycles. The van der Waals surface area contributed by atoms with E-state index in [2.05, 4.69) is 52.8 Å². The van der Waals surface area contributed by atoms with Gasteiger partial charge < -0.3 is 15.5 Å². The average molecular weight is 301 g/mol. The molecule has 1 saturated carbocycles. The van der Waals surface area contributed by atoms with Gasteiger partial charge in [-0.25, -0.2) is 4.79 Å². The molecule has 120 valence electrons. The van der Waals surface area contributed by atoms with Crippen molar-refractivity contribution in [3.8, 4) is 0 Å². The summed E-state index contributed by atoms with van der Waals surface area (Å²) < 4.78 is 0. The number of hydrogen-bond donors (Lipinski definition) is 2. The molecule has 1 aromatic carbocycles. The van der Waals surface area contributed by atoms with Crippen molar-refractivity contribution in [1.82, 2.24) is 15.5 Å². The Bertz CT molecular complexity index is 490. The Labute approximate surface area is 133 Å². The van der Waals surface area contributed by atoms with Crippen LogP contribution < -0.4 is 10.6 Å². The normalized spacial score (nSPS) is 27.6. The fourth-order valence-electron chi connectivity index (χ4n) is 3.19. The third-order valence-electron chi connectivity index (χ3n) is 4.91. The molecule has 0 spiro atoms. The van der Waals surface area contributed by atoms with E-state index >= 15 is 0 Å². The first-order chi connectivity index (χ1) is 10.7. The molecule has 1 aliphatic carbocycles. The van der Waals surface area contributed by atoms with E-state index < -0.39 is 0 Å². The summed E-state index contributed by atoms with van der Waals surface area (Å²) >= 11 is 0. The van der Waals surface area contributed by atoms with Crippen LogP contribution in [0.15, 0.2) is 30.3 Å². The van der Waals surface area contributed by atoms with Gasteiger partial charge in [0.15, 0.2) is 0 Å². The fraction of sp³-hybridized carbons (Fsp3) is 0.611. The second kappa shape index (κ2) is 7.14. The van der Waals surface area contributed by atoms with E-state index in [1.165, 1.54) is 12.0 Å². The van der Waals surface area contributed by atoms with Crippen LogP contribution in [0, 0.1) is 11.8 Å². The van der Waals surface area contributed by atoms with Crippen LogP contribution in [0.2, 0.25) is 0 Å². The predicted octanol–water partition coefficient (Wildman–Crippen LogP) is 2.26. The first-order valence-corrected chi connectivity index (χ1v) is 8.51. The molecule has 2 fully saturated rings. The minimum atomic E-state index is 0.0112. The van der Waals surface area contributed by atoms with Gasteiger partial charge in [-0.05, 0) is 43.2 Å². The Morgan fingerprint density at radius 3 is 2.82 bits per heavy atom. The van der Waals surface area contributed by atoms with Gasteiger partial charge in [-0.2, -0.15) is 0 Å². The lowest BCUT2D eigenvalue weighted by atomic mass is 10.1. The number of likely N-dealkylation sites (tertiary alicyclic amines) is 1. The summed E-state index contributed by atoms with van der Waals surface area (Å²) in [6.45, 7) is 6.35. The molecule has 3 rings (SSSR count). The van der Waals surface area contributed by atoms with E-state index in [4.69, 9.17) is 0 Å². The smallest absolute Gasteiger partial charge is 0.315 e. The maximum atomic E-state index is 11.8. The number of hydrogen-bond acceptors (Lipinski definition) is 2. The molecule has 1 aliphatic heterocycles. The van der Waals surface area contributed by atoms with E-state index in [0.717, 1.165) is 39.0 Å². The third kappa shape index (κ3) is 4.47. The highest BCUT2D eigenvalue weighted by molar-refractivity contribution is 5.74. The SMILES string of the molecule is C[C@H]1C[C@@H]1NC(=O)NC[C@@H]1CCN(CCc2ccccc2)C1. The number of urea groups is 1. The molecule has 0 aromatic heterocycles. The Kier molecular flexibility index (Phi) is 4.98. The first-order valence-electron chi connectivity index (χ1n) is 8.51. The number of carbonyl (C=O) groups excluding carboxylic acids is 1. The van der Waals surface area contributed by atoms with Gasteiger partial charge in [-0.15, -0.1) is 0 Å². The highest BCUT2D eigenvalue weighted by Gasteiger charge is 2.34. The molecule has 2 N–H and O–H groups in total. The zero-order valence-corrected chi connectivity index (χ0v) is 13.4. The summed E-state index contributed by atoms with van der Waals surface area (Å²) in [6.07, 6.45) is 3.43. The molecular formula is C18H27N3O. The summed E-state index contributed by atoms with van der Waals surface area (Å²) in [7, 11) is 0. The van der Waals surface area contributed by atoms with Crippen molar-refractivity contribution in [2.24, 2.45) is 11.8 Å². The topological polar surface area (TPSA) is 44.4 Å². The van der Waals surface area contributed by atoms with Crippen LogP contribution in [-0.2, 0) is 6.42 Å². The molecule has 22 heavy (non-hydrogen) atoms. The summed E-state index contributed by atoms with van der Waals surface area (Å²) in [4.78, 5) is 14.3. The largest absolute Gasteiger partial charge is 0.338 e. The molecule has 4 nitrogen and oxygen atoms in total. The quantitative estimate of drug-likeness (QED) is 0.846. The number of benzene rings is 1. The zero-order valence-electron chi connectivity index (χ0n) is 13.4. The van der Waals surface area contributed by atoms with Gasteiger partial charge in [0.2, 0.25) is 0 Å². The number of carbonyl (C=O) groups is 1. The van der Waals surface area contributed by atoms with Crippen LogP contribution >= 0.6 is 0 Å². The molecule has 0 unspecified atom stereocenters. The minimum absolute atomic E-state index is 0.0112. The number of nitrogens with zero attached hydrogens (tertiary/aromatic N) is 1. The second-order valence-electron chi connectivity index (χ2n) is 6.86. The maximum Gasteiger partial charge on any atom is 0.315 e. The van der Waals surface area contributed by atoms with E-state index in [-0.39, 0.29) is 6.03 Å². The molecule has 1 aromatic rings. The zero-order chi connectivity index (χ0) is 15.4. The maximum absolute atomic E-state index is 11.8. The molecule has 0 bridgehead atoms. The molecule has 0 radical (unpaired) electrons. The van der Waals surface area contributed by atoms with Crippen molar-refractivity contribution in [1.29, 1.82) is 0 Å². The summed E-state index contributed by atoms with van der Waals surface area (Å²) in [5, 5.41) is 6.06. The van der Waals surface area contributed by atoms with Gasteiger partial charge >= 0.3 is 6.03 Å². The Morgan fingerprint density at radius 2 is 2.09 bits per heavy atom. The van der Waals surface area contributed by atoms with Gasteiger partial charge in [0.05, 0.1) is 0 Å². The predicted molar refractivity (Wildman–Crippen MR) is 88.8 cm³/mol. The Balaban J connectivity index is 1.31. The highest BCUT2D eigenvalue weighted by Crippen LogP contribution is 2.28. The van der Waals surface area contributed by atoms with Crippen molar-refractivity contribution < 1.29 is 4.79 Å². The number of nitrogens with one attached hydrogen (secondary N) is 2. The standard InChI is InChI=1S/C18H27N3O/c1-14-11-17(14)20-18(22)19-12-16-8-10-21(13-16)9-7-15-5-3-2-4-6-15/h2-6,14,16-17H,7-13H2,1H3,(H2,19,20,22)/t14-,16-,17-/m0/s1. The monoisotopic (exact) mass is 301 g/mol. The van der Waals surface area contributed by atoms with Gasteiger partial charge in [0.25, 0.3) is 0 Å². The van der Waals surface area contributed by atoms with E-state index in [0.29, 0.717) is 17.9 Å². The van der Waals surface area contributed by atoms with Gasteiger partial charge in [0, 0.05) is 25.7 Å². The molecule has 1 heterocycles. The van der Waals surface area contributed by atoms with Crippen LogP contribution in [0.3, 0.4) is 0 Å². The highest BCUT2D eigenvalue weighted by atomic mass is 16.2. The Morgan fingerprint density at radius 1 is 1.32 bits per heavy atom. The van der Waals surface area contributed by atoms with Crippen LogP contribution in [0.1, 0.15) is 25.3 Å². The molecular weight excluding hydrogens is 274 g/mol. The van der Waals surface area contributed by atoms with E-state index in [1.807, 2.05) is 0 Å². The van der Waals surface area contributed by atoms with E-state index in [1.54, 1.807) is 0 Å². The van der Waals surface area contributed by atoms with Gasteiger partial charge in [0.1, 0.15) is 0 Å². The molecule has 4 heteroatoms. The van der Waals surface area contributed by atoms with Crippen molar-refractivity contribution >= 4 is 6.03 Å². The summed E-state index contributed by atoms with van der Waals surface area (Å²) in [6, 6.07) is 11.1. The van der Waals surface area contributed by atoms with E-state index in [9.17, 15) is 4.79 Å². The molecule has 2 aliphatic rings. The lowest BCUT2D eigenvalue weighted by molar-refractivity contribution is 0.237. The van der Waals surface area contributed by atoms with Gasteiger partial charge in [-0.3, -0.25) is 0 Å². The van der Waals surface area contributed by atoms with Gasteiger partial charge in [-0.1, -0.05) is 37.3 Å². The molecule has 3 atom stereocenters. The lowest BCUT2D eigenvalue weighted by Crippen LogP contribution is -2.40. The minimum Gasteiger partial charge on any atom is -0.338 e. The van der Waals surface area contributed by atoms with Crippen molar-refractivity contribution in [2.75, 3.05) is 26.2 Å². The van der Waals surface area contributed by atoms with Crippen LogP contribution in [0.25, 0.3) is 0 Å². The van der Waals surface area contributed by atoms with Crippen molar-refractivity contribution in [3.05, 3.63) is 35.9 Å². The number of amides is 2. The summed E-state index contributed by atoms with van der Waals surface area (Å²) in [5.74, 6) is 1.25. The van der Waals surface area contributed by atoms with Crippen LogP contribution in [0.5, 0.6) is 0 Å². The van der Waals surface area contributed by atoms with Crippen LogP contribution in [0.4, 0.5) is 4.79 Å². The first kappa shape index (κ1) is 15.3. The second-order valence-corrected chi connectivity index (χ2v) is 6.86. The summed E-state index contributed by atoms with van der Waals surface area (Å²) in [5.41, 5.74) is 1.40. The average Bonchev–Trinajstić information content (AvgIpc) is 3.03. The number of rotatable bonds is 6. The Hall–Kier alpha value is -1.55.